The number of phenolic OH excluding ortho intramolecular Hbond substituents is 2. The summed E-state index contributed by atoms with van der Waals surface area (Å²) in [5, 5.41) is 48.7. The topological polar surface area (TPSA) is 303 Å². The number of phenols is 2. The van der Waals surface area contributed by atoms with E-state index < -0.39 is 47.5 Å². The van der Waals surface area contributed by atoms with Crippen molar-refractivity contribution in [3.8, 4) is 33.8 Å². The first kappa shape index (κ1) is 53.3. The molecule has 86 heavy (non-hydrogen) atoms. The van der Waals surface area contributed by atoms with Gasteiger partial charge in [0.15, 0.2) is 10.9 Å². The quantitative estimate of drug-likeness (QED) is 0.0624. The smallest absolute Gasteiger partial charge is 0.363 e. The number of amides is 4. The second-order valence-electron chi connectivity index (χ2n) is 20.4. The standard InChI is InChI=1S/2C33H19NO9/c35-19-4-9-21-16(13-19)1-7-24-29(25-8-2-17-14-20(36)5-10-22(17)31(25)42-30(21)24)26-15-18(3-6-23(26)32(39)40)33(41)43-34-27(37)11-12-28(34)38;35-19-4-9-21-16(13-19)1-7-24-29(25-8-2-17-14-20(36)5-10-22(17)31(25)42-30(21)24)23-6-3-18(15-26(23)32(39)40)33(41)43-34-27(37)11-12-28(34)38/h2*1-10,13-15,35H,11-12H2,(H,39,40). The largest absolute Gasteiger partial charge is 0.508 e. The van der Waals surface area contributed by atoms with Gasteiger partial charge in [0.25, 0.3) is 23.6 Å². The van der Waals surface area contributed by atoms with Crippen molar-refractivity contribution in [2.45, 2.75) is 25.7 Å². The molecule has 2 saturated heterocycles. The fraction of sp³-hybridized carbons (Fsp3) is 0.0606. The average Bonchev–Trinajstić information content (AvgIpc) is 1.39. The highest BCUT2D eigenvalue weighted by atomic mass is 16.7. The third-order valence-corrected chi connectivity index (χ3v) is 15.1. The van der Waals surface area contributed by atoms with Crippen molar-refractivity contribution in [3.63, 3.8) is 0 Å². The fourth-order valence-electron chi connectivity index (χ4n) is 11.2. The van der Waals surface area contributed by atoms with E-state index in [1.165, 1.54) is 66.7 Å². The van der Waals surface area contributed by atoms with Gasteiger partial charge in [-0.15, -0.1) is 10.1 Å². The predicted octanol–water partition coefficient (Wildman–Crippen LogP) is 11.1. The van der Waals surface area contributed by atoms with E-state index in [9.17, 15) is 68.4 Å². The molecule has 12 aromatic rings. The molecule has 4 N–H and O–H groups in total. The van der Waals surface area contributed by atoms with E-state index in [0.717, 1.165) is 6.07 Å². The monoisotopic (exact) mass is 1150 g/mol. The molecule has 4 heterocycles. The normalized spacial score (nSPS) is 13.4. The average molecular weight is 1150 g/mol. The van der Waals surface area contributed by atoms with Gasteiger partial charge in [0, 0.05) is 79.9 Å². The first-order chi connectivity index (χ1) is 41.4. The molecule has 0 spiro atoms. The summed E-state index contributed by atoms with van der Waals surface area (Å²) in [5.41, 5.74) is 1.96. The van der Waals surface area contributed by atoms with Gasteiger partial charge in [0.1, 0.15) is 33.8 Å². The molecule has 0 bridgehead atoms. The van der Waals surface area contributed by atoms with Crippen LogP contribution in [0, 0.1) is 0 Å². The summed E-state index contributed by atoms with van der Waals surface area (Å²) in [6.07, 6.45) is -0.309. The summed E-state index contributed by atoms with van der Waals surface area (Å²) in [6, 6.07) is 40.4. The van der Waals surface area contributed by atoms with Crippen molar-refractivity contribution in [1.29, 1.82) is 0 Å². The number of benzene rings is 10. The van der Waals surface area contributed by atoms with Gasteiger partial charge in [0.05, 0.1) is 22.3 Å². The number of hydroxylamine groups is 4. The van der Waals surface area contributed by atoms with Crippen molar-refractivity contribution in [2.24, 2.45) is 0 Å². The van der Waals surface area contributed by atoms with Crippen molar-refractivity contribution in [3.05, 3.63) is 200 Å². The number of carbonyl (C=O) groups excluding carboxylic acids is 6. The summed E-state index contributed by atoms with van der Waals surface area (Å²) in [5.74, 6) is -7.14. The van der Waals surface area contributed by atoms with Crippen molar-refractivity contribution < 1.29 is 77.3 Å². The number of imide groups is 2. The lowest BCUT2D eigenvalue weighted by Gasteiger charge is -2.17. The van der Waals surface area contributed by atoms with E-state index in [0.29, 0.717) is 108 Å². The Morgan fingerprint density at radius 3 is 1.12 bits per heavy atom. The lowest BCUT2D eigenvalue weighted by atomic mass is 9.90. The lowest BCUT2D eigenvalue weighted by Crippen LogP contribution is -2.32. The Bertz CT molecular complexity index is 5220. The van der Waals surface area contributed by atoms with Crippen LogP contribution in [0.5, 0.6) is 11.5 Å². The van der Waals surface area contributed by atoms with Crippen LogP contribution >= 0.6 is 0 Å². The zero-order valence-electron chi connectivity index (χ0n) is 44.2. The van der Waals surface area contributed by atoms with Crippen LogP contribution in [0.2, 0.25) is 0 Å². The van der Waals surface area contributed by atoms with E-state index in [-0.39, 0.29) is 81.4 Å². The summed E-state index contributed by atoms with van der Waals surface area (Å²) in [7, 11) is 0. The molecule has 0 aliphatic carbocycles. The maximum absolute atomic E-state index is 13.1. The van der Waals surface area contributed by atoms with E-state index in [2.05, 4.69) is 0 Å². The van der Waals surface area contributed by atoms with Gasteiger partial charge < -0.3 is 38.9 Å². The molecular weight excluding hydrogens is 1110 g/mol. The molecule has 0 radical (unpaired) electrons. The number of hydrogen-bond donors (Lipinski definition) is 4. The Kier molecular flexibility index (Phi) is 12.7. The van der Waals surface area contributed by atoms with E-state index in [1.807, 2.05) is 0 Å². The molecule has 2 aliphatic rings. The summed E-state index contributed by atoms with van der Waals surface area (Å²) in [4.78, 5) is 133. The van der Waals surface area contributed by atoms with E-state index >= 15 is 0 Å². The number of hydrogen-bond acceptors (Lipinski definition) is 16. The first-order valence-electron chi connectivity index (χ1n) is 26.4. The summed E-state index contributed by atoms with van der Waals surface area (Å²) < 4.78 is 13.0. The molecule has 10 aromatic carbocycles. The number of carboxylic acid groups (broad SMARTS) is 2. The zero-order chi connectivity index (χ0) is 60.0. The van der Waals surface area contributed by atoms with Crippen LogP contribution in [0.1, 0.15) is 67.1 Å². The molecule has 0 unspecified atom stereocenters. The van der Waals surface area contributed by atoms with Crippen LogP contribution in [-0.2, 0) is 28.9 Å². The SMILES string of the molecule is O=C(ON1C(=O)CCC1=O)c1ccc(-c2c3ccc4cc(O)ccc4c3oc3c2ccc2cc(=O)ccc23)c(C(=O)O)c1.O=C(ON1C(=O)CCC1=O)c1ccc(C(=O)O)c(-c2c3ccc4cc(O)ccc4c3oc3c2ccc2cc(=O)ccc23)c1. The van der Waals surface area contributed by atoms with Crippen molar-refractivity contribution in [2.75, 3.05) is 0 Å². The Balaban J connectivity index is 0.000000160. The number of aromatic carboxylic acids is 2. The number of fused-ring (bicyclic) bond motifs is 12. The molecule has 20 heteroatoms. The minimum atomic E-state index is -1.33. The second-order valence-corrected chi connectivity index (χ2v) is 20.4. The molecule has 2 aliphatic heterocycles. The van der Waals surface area contributed by atoms with Crippen LogP contribution < -0.4 is 10.9 Å². The Labute approximate surface area is 479 Å². The summed E-state index contributed by atoms with van der Waals surface area (Å²) in [6.45, 7) is 0. The Morgan fingerprint density at radius 2 is 0.709 bits per heavy atom. The van der Waals surface area contributed by atoms with Crippen LogP contribution in [0.3, 0.4) is 0 Å². The maximum Gasteiger partial charge on any atom is 0.363 e. The third kappa shape index (κ3) is 9.06. The van der Waals surface area contributed by atoms with Crippen LogP contribution in [0.25, 0.3) is 109 Å². The molecule has 2 fully saturated rings. The van der Waals surface area contributed by atoms with Gasteiger partial charge in [-0.1, -0.05) is 30.3 Å². The fourth-order valence-corrected chi connectivity index (χ4v) is 11.2. The molecule has 2 aromatic heterocycles. The Morgan fingerprint density at radius 1 is 0.360 bits per heavy atom. The van der Waals surface area contributed by atoms with Gasteiger partial charge in [-0.05, 0) is 160 Å². The minimum absolute atomic E-state index is 0.0515. The maximum atomic E-state index is 13.1. The van der Waals surface area contributed by atoms with E-state index in [4.69, 9.17) is 18.5 Å². The van der Waals surface area contributed by atoms with E-state index in [1.54, 1.807) is 84.9 Å². The number of carboxylic acids is 2. The highest BCUT2D eigenvalue weighted by Crippen LogP contribution is 2.45. The van der Waals surface area contributed by atoms with Crippen molar-refractivity contribution >= 4 is 134 Å². The molecular formula is C66H38N2O18. The molecule has 4 amide bonds. The molecule has 0 saturated carbocycles. The summed E-state index contributed by atoms with van der Waals surface area (Å²) >= 11 is 0. The highest BCUT2D eigenvalue weighted by molar-refractivity contribution is 6.23. The van der Waals surface area contributed by atoms with Gasteiger partial charge in [-0.25, -0.2) is 19.2 Å². The molecule has 0 atom stereocenters. The van der Waals surface area contributed by atoms with Gasteiger partial charge in [-0.2, -0.15) is 0 Å². The van der Waals surface area contributed by atoms with Crippen molar-refractivity contribution in [1.82, 2.24) is 10.1 Å². The van der Waals surface area contributed by atoms with Gasteiger partial charge in [0.2, 0.25) is 0 Å². The van der Waals surface area contributed by atoms with Crippen LogP contribution in [0.4, 0.5) is 0 Å². The number of aromatic hydroxyl groups is 2. The lowest BCUT2D eigenvalue weighted by molar-refractivity contribution is -0.173. The second kappa shape index (κ2) is 20.4. The minimum Gasteiger partial charge on any atom is -0.508 e. The van der Waals surface area contributed by atoms with Gasteiger partial charge in [-0.3, -0.25) is 28.8 Å². The van der Waals surface area contributed by atoms with Gasteiger partial charge >= 0.3 is 23.9 Å². The third-order valence-electron chi connectivity index (χ3n) is 15.1. The first-order valence-corrected chi connectivity index (χ1v) is 26.4. The molecule has 14 rings (SSSR count). The highest BCUT2D eigenvalue weighted by Gasteiger charge is 2.35. The van der Waals surface area contributed by atoms with Crippen LogP contribution in [-0.4, -0.2) is 78.1 Å². The zero-order valence-corrected chi connectivity index (χ0v) is 44.2. The number of carbonyl (C=O) groups is 8. The van der Waals surface area contributed by atoms with Crippen LogP contribution in [0.15, 0.2) is 176 Å². The number of rotatable bonds is 8. The predicted molar refractivity (Wildman–Crippen MR) is 311 cm³/mol. The molecule has 20 nitrogen and oxygen atoms in total. The Hall–Kier alpha value is -12.1. The number of nitrogens with zero attached hydrogens (tertiary/aromatic N) is 2. The molecule has 420 valence electrons.